The molecule has 2 aliphatic heterocycles. The molecular weight excluding hydrogens is 184 g/mol. The van der Waals surface area contributed by atoms with Crippen LogP contribution in [0.25, 0.3) is 0 Å². The number of nitrogens with one attached hydrogen (secondary N) is 1. The molecule has 0 aromatic heterocycles. The predicted octanol–water partition coefficient (Wildman–Crippen LogP) is 0.661. The normalized spacial score (nSPS) is 28.1. The summed E-state index contributed by atoms with van der Waals surface area (Å²) in [4.78, 5) is 13.7. The van der Waals surface area contributed by atoms with Crippen molar-refractivity contribution < 1.29 is 4.79 Å². The monoisotopic (exact) mass is 200 g/mol. The second-order valence-corrected chi connectivity index (χ2v) is 5.20. The fraction of sp³-hybridized carbons (Fsp3) is 0.889. The summed E-state index contributed by atoms with van der Waals surface area (Å²) >= 11 is 1.96. The number of carbonyl (C=O) groups is 1. The van der Waals surface area contributed by atoms with Gasteiger partial charge in [-0.15, -0.1) is 11.8 Å². The van der Waals surface area contributed by atoms with Crippen LogP contribution in [0.3, 0.4) is 0 Å². The van der Waals surface area contributed by atoms with E-state index in [1.54, 1.807) is 0 Å². The summed E-state index contributed by atoms with van der Waals surface area (Å²) in [5, 5.41) is 3.34. The third-order valence-electron chi connectivity index (χ3n) is 3.06. The van der Waals surface area contributed by atoms with Gasteiger partial charge in [0.15, 0.2) is 0 Å². The van der Waals surface area contributed by atoms with Gasteiger partial charge < -0.3 is 10.2 Å². The summed E-state index contributed by atoms with van der Waals surface area (Å²) < 4.78 is 0. The molecule has 2 saturated heterocycles. The van der Waals surface area contributed by atoms with Gasteiger partial charge in [-0.2, -0.15) is 0 Å². The number of hydrogen-bond donors (Lipinski definition) is 1. The van der Waals surface area contributed by atoms with Crippen LogP contribution in [-0.2, 0) is 4.79 Å². The molecule has 3 nitrogen and oxygen atoms in total. The Morgan fingerprint density at radius 2 is 2.15 bits per heavy atom. The molecule has 0 aromatic carbocycles. The van der Waals surface area contributed by atoms with Gasteiger partial charge in [0.2, 0.25) is 5.91 Å². The Balaban J connectivity index is 2.13. The van der Waals surface area contributed by atoms with E-state index in [0.717, 1.165) is 38.1 Å². The van der Waals surface area contributed by atoms with Gasteiger partial charge in [0, 0.05) is 19.2 Å². The highest BCUT2D eigenvalue weighted by atomic mass is 32.2. The summed E-state index contributed by atoms with van der Waals surface area (Å²) in [6, 6.07) is 0. The minimum atomic E-state index is 0.126. The van der Waals surface area contributed by atoms with Gasteiger partial charge in [-0.1, -0.05) is 0 Å². The van der Waals surface area contributed by atoms with Crippen LogP contribution < -0.4 is 5.32 Å². The SMILES string of the molecule is CN1C(=O)CCSC12CCNCC2. The van der Waals surface area contributed by atoms with Crippen molar-refractivity contribution in [3.05, 3.63) is 0 Å². The maximum Gasteiger partial charge on any atom is 0.224 e. The largest absolute Gasteiger partial charge is 0.331 e. The van der Waals surface area contributed by atoms with Crippen molar-refractivity contribution in [2.45, 2.75) is 24.1 Å². The van der Waals surface area contributed by atoms with E-state index in [1.165, 1.54) is 0 Å². The summed E-state index contributed by atoms with van der Waals surface area (Å²) in [5.74, 6) is 1.32. The van der Waals surface area contributed by atoms with E-state index in [1.807, 2.05) is 23.7 Å². The molecule has 1 spiro atoms. The second kappa shape index (κ2) is 3.50. The Bertz CT molecular complexity index is 208. The predicted molar refractivity (Wildman–Crippen MR) is 54.7 cm³/mol. The fourth-order valence-corrected chi connectivity index (χ4v) is 3.56. The topological polar surface area (TPSA) is 32.3 Å². The molecule has 1 N–H and O–H groups in total. The molecule has 0 aliphatic carbocycles. The summed E-state index contributed by atoms with van der Waals surface area (Å²) in [7, 11) is 1.96. The molecule has 4 heteroatoms. The molecule has 0 aromatic rings. The quantitative estimate of drug-likeness (QED) is 0.623. The lowest BCUT2D eigenvalue weighted by molar-refractivity contribution is -0.133. The number of rotatable bonds is 0. The Labute approximate surface area is 83.2 Å². The van der Waals surface area contributed by atoms with Gasteiger partial charge in [0.05, 0.1) is 4.87 Å². The Kier molecular flexibility index (Phi) is 2.51. The fourth-order valence-electron chi connectivity index (χ4n) is 2.12. The van der Waals surface area contributed by atoms with E-state index >= 15 is 0 Å². The van der Waals surface area contributed by atoms with E-state index in [2.05, 4.69) is 5.32 Å². The first-order valence-corrected chi connectivity index (χ1v) is 5.84. The number of thioether (sulfide) groups is 1. The highest BCUT2D eigenvalue weighted by Crippen LogP contribution is 2.40. The lowest BCUT2D eigenvalue weighted by Gasteiger charge is -2.47. The average molecular weight is 200 g/mol. The van der Waals surface area contributed by atoms with Gasteiger partial charge in [-0.05, 0) is 25.9 Å². The van der Waals surface area contributed by atoms with Crippen molar-refractivity contribution in [3.8, 4) is 0 Å². The maximum absolute atomic E-state index is 11.6. The first-order valence-electron chi connectivity index (χ1n) is 4.86. The molecule has 2 heterocycles. The smallest absolute Gasteiger partial charge is 0.224 e. The number of carbonyl (C=O) groups excluding carboxylic acids is 1. The van der Waals surface area contributed by atoms with Gasteiger partial charge in [0.1, 0.15) is 0 Å². The van der Waals surface area contributed by atoms with Crippen LogP contribution in [0, 0.1) is 0 Å². The minimum Gasteiger partial charge on any atom is -0.331 e. The summed E-state index contributed by atoms with van der Waals surface area (Å²) in [5.41, 5.74) is 0. The number of piperidine rings is 1. The Hall–Kier alpha value is -0.220. The molecule has 2 fully saturated rings. The number of nitrogens with zero attached hydrogens (tertiary/aromatic N) is 1. The number of amides is 1. The molecule has 2 aliphatic rings. The summed E-state index contributed by atoms with van der Waals surface area (Å²) in [6.45, 7) is 2.09. The molecule has 74 valence electrons. The first kappa shape index (κ1) is 9.34. The zero-order chi connectivity index (χ0) is 9.31. The summed E-state index contributed by atoms with van der Waals surface area (Å²) in [6.07, 6.45) is 2.91. The van der Waals surface area contributed by atoms with Crippen LogP contribution in [0.2, 0.25) is 0 Å². The Morgan fingerprint density at radius 3 is 2.85 bits per heavy atom. The van der Waals surface area contributed by atoms with Crippen LogP contribution in [0.1, 0.15) is 19.3 Å². The molecule has 13 heavy (non-hydrogen) atoms. The molecule has 0 radical (unpaired) electrons. The molecule has 0 atom stereocenters. The molecule has 2 rings (SSSR count). The maximum atomic E-state index is 11.6. The Morgan fingerprint density at radius 1 is 1.46 bits per heavy atom. The minimum absolute atomic E-state index is 0.126. The van der Waals surface area contributed by atoms with Crippen molar-refractivity contribution in [2.75, 3.05) is 25.9 Å². The average Bonchev–Trinajstić information content (AvgIpc) is 2.16. The van der Waals surface area contributed by atoms with Crippen molar-refractivity contribution in [1.82, 2.24) is 10.2 Å². The second-order valence-electron chi connectivity index (χ2n) is 3.75. The van der Waals surface area contributed by atoms with Crippen molar-refractivity contribution in [1.29, 1.82) is 0 Å². The van der Waals surface area contributed by atoms with E-state index < -0.39 is 0 Å². The van der Waals surface area contributed by atoms with E-state index in [0.29, 0.717) is 5.91 Å². The molecule has 1 amide bonds. The lowest BCUT2D eigenvalue weighted by Crippen LogP contribution is -2.55. The highest BCUT2D eigenvalue weighted by Gasteiger charge is 2.41. The van der Waals surface area contributed by atoms with Crippen molar-refractivity contribution in [3.63, 3.8) is 0 Å². The van der Waals surface area contributed by atoms with E-state index in [4.69, 9.17) is 0 Å². The van der Waals surface area contributed by atoms with Crippen LogP contribution in [-0.4, -0.2) is 41.6 Å². The standard InChI is InChI=1S/C9H16N2OS/c1-11-8(12)2-7-13-9(11)3-5-10-6-4-9/h10H,2-7H2,1H3. The van der Waals surface area contributed by atoms with Gasteiger partial charge >= 0.3 is 0 Å². The van der Waals surface area contributed by atoms with Crippen molar-refractivity contribution >= 4 is 17.7 Å². The zero-order valence-corrected chi connectivity index (χ0v) is 8.82. The van der Waals surface area contributed by atoms with Crippen LogP contribution >= 0.6 is 11.8 Å². The third-order valence-corrected chi connectivity index (χ3v) is 4.68. The third kappa shape index (κ3) is 1.57. The van der Waals surface area contributed by atoms with E-state index in [-0.39, 0.29) is 4.87 Å². The van der Waals surface area contributed by atoms with Crippen LogP contribution in [0.4, 0.5) is 0 Å². The van der Waals surface area contributed by atoms with Gasteiger partial charge in [0.25, 0.3) is 0 Å². The number of hydrogen-bond acceptors (Lipinski definition) is 3. The molecular formula is C9H16N2OS. The van der Waals surface area contributed by atoms with E-state index in [9.17, 15) is 4.79 Å². The van der Waals surface area contributed by atoms with Gasteiger partial charge in [-0.25, -0.2) is 0 Å². The van der Waals surface area contributed by atoms with Gasteiger partial charge in [-0.3, -0.25) is 4.79 Å². The molecule has 0 saturated carbocycles. The highest BCUT2D eigenvalue weighted by molar-refractivity contribution is 8.00. The first-order chi connectivity index (χ1) is 6.25. The zero-order valence-electron chi connectivity index (χ0n) is 8.01. The molecule has 0 bridgehead atoms. The van der Waals surface area contributed by atoms with Crippen LogP contribution in [0.5, 0.6) is 0 Å². The lowest BCUT2D eigenvalue weighted by atomic mass is 10.0. The molecule has 0 unspecified atom stereocenters. The van der Waals surface area contributed by atoms with Crippen LogP contribution in [0.15, 0.2) is 0 Å². The van der Waals surface area contributed by atoms with Crippen molar-refractivity contribution in [2.24, 2.45) is 0 Å².